The number of nitrogens with zero attached hydrogens (tertiary/aromatic N) is 2. The number of nitrogens with one attached hydrogen (secondary N) is 1. The smallest absolute Gasteiger partial charge is 0.277 e. The maximum atomic E-state index is 13.5. The molecule has 5 aromatic rings. The molecule has 5 rings (SSSR count). The minimum absolute atomic E-state index is 0.0245. The first kappa shape index (κ1) is 27.9. The van der Waals surface area contributed by atoms with E-state index in [4.69, 9.17) is 18.1 Å². The van der Waals surface area contributed by atoms with Gasteiger partial charge in [0, 0.05) is 17.3 Å². The maximum Gasteiger partial charge on any atom is 0.277 e. The fourth-order valence-corrected chi connectivity index (χ4v) is 5.30. The SMILES string of the molecule is CC(C)COc1ccc(-c2cc(C(=O)Nc3ccc(S(=O)(=O)N(Cc4ccco4)Cc4ccco4)cc3)no2)cc1. The zero-order valence-electron chi connectivity index (χ0n) is 22.5. The van der Waals surface area contributed by atoms with Crippen LogP contribution in [0.1, 0.15) is 35.9 Å². The van der Waals surface area contributed by atoms with Crippen LogP contribution in [0.5, 0.6) is 5.75 Å². The summed E-state index contributed by atoms with van der Waals surface area (Å²) >= 11 is 0. The number of ether oxygens (including phenoxy) is 1. The Morgan fingerprint density at radius 3 is 2.12 bits per heavy atom. The average Bonchev–Trinajstić information content (AvgIpc) is 3.76. The van der Waals surface area contributed by atoms with Crippen LogP contribution < -0.4 is 10.1 Å². The van der Waals surface area contributed by atoms with Gasteiger partial charge in [0.25, 0.3) is 5.91 Å². The third kappa shape index (κ3) is 6.94. The summed E-state index contributed by atoms with van der Waals surface area (Å²) in [4.78, 5) is 12.9. The van der Waals surface area contributed by atoms with Crippen LogP contribution in [-0.4, -0.2) is 30.4 Å². The number of furan rings is 2. The van der Waals surface area contributed by atoms with E-state index in [1.165, 1.54) is 41.1 Å². The number of carbonyl (C=O) groups excluding carboxylic acids is 1. The second kappa shape index (κ2) is 12.3. The van der Waals surface area contributed by atoms with Gasteiger partial charge in [-0.15, -0.1) is 0 Å². The summed E-state index contributed by atoms with van der Waals surface area (Å²) in [6.07, 6.45) is 2.98. The van der Waals surface area contributed by atoms with E-state index in [1.54, 1.807) is 30.3 Å². The van der Waals surface area contributed by atoms with Gasteiger partial charge in [-0.2, -0.15) is 4.31 Å². The molecule has 212 valence electrons. The van der Waals surface area contributed by atoms with E-state index < -0.39 is 15.9 Å². The zero-order valence-corrected chi connectivity index (χ0v) is 23.3. The molecule has 0 bridgehead atoms. The Bertz CT molecular complexity index is 1620. The van der Waals surface area contributed by atoms with E-state index >= 15 is 0 Å². The van der Waals surface area contributed by atoms with Gasteiger partial charge in [-0.3, -0.25) is 4.79 Å². The van der Waals surface area contributed by atoms with Crippen molar-refractivity contribution in [2.24, 2.45) is 5.92 Å². The minimum atomic E-state index is -3.92. The van der Waals surface area contributed by atoms with Gasteiger partial charge in [0.1, 0.15) is 17.3 Å². The minimum Gasteiger partial charge on any atom is -0.493 e. The van der Waals surface area contributed by atoms with Gasteiger partial charge in [-0.05, 0) is 78.7 Å². The lowest BCUT2D eigenvalue weighted by Crippen LogP contribution is -2.30. The van der Waals surface area contributed by atoms with Gasteiger partial charge >= 0.3 is 0 Å². The number of benzene rings is 2. The summed E-state index contributed by atoms with van der Waals surface area (Å²) in [6, 6.07) is 21.6. The van der Waals surface area contributed by atoms with Crippen molar-refractivity contribution >= 4 is 21.6 Å². The van der Waals surface area contributed by atoms with Crippen molar-refractivity contribution in [3.05, 3.63) is 109 Å². The highest BCUT2D eigenvalue weighted by atomic mass is 32.2. The Labute approximate surface area is 237 Å². The summed E-state index contributed by atoms with van der Waals surface area (Å²) in [5.41, 5.74) is 1.23. The molecule has 0 unspecified atom stereocenters. The highest BCUT2D eigenvalue weighted by molar-refractivity contribution is 7.89. The number of amides is 1. The molecular formula is C30H29N3O7S. The normalized spacial score (nSPS) is 11.7. The zero-order chi connectivity index (χ0) is 28.8. The monoisotopic (exact) mass is 575 g/mol. The molecule has 0 radical (unpaired) electrons. The molecule has 10 nitrogen and oxygen atoms in total. The lowest BCUT2D eigenvalue weighted by molar-refractivity contribution is 0.101. The number of rotatable bonds is 12. The van der Waals surface area contributed by atoms with Gasteiger partial charge in [0.2, 0.25) is 10.0 Å². The van der Waals surface area contributed by atoms with Gasteiger partial charge in [0.15, 0.2) is 11.5 Å². The number of hydrogen-bond acceptors (Lipinski definition) is 8. The standard InChI is InChI=1S/C30H29N3O7S/c1-21(2)20-39-24-11-7-22(8-12-24)29-17-28(32-40-29)30(34)31-23-9-13-27(14-10-23)41(35,36)33(18-25-5-3-15-37-25)19-26-6-4-16-38-26/h3-17,21H,18-20H2,1-2H3,(H,31,34). The first-order valence-electron chi connectivity index (χ1n) is 12.9. The van der Waals surface area contributed by atoms with Crippen molar-refractivity contribution in [3.8, 4) is 17.1 Å². The second-order valence-electron chi connectivity index (χ2n) is 9.72. The molecule has 11 heteroatoms. The van der Waals surface area contributed by atoms with Crippen LogP contribution in [0.4, 0.5) is 5.69 Å². The molecular weight excluding hydrogens is 546 g/mol. The third-order valence-electron chi connectivity index (χ3n) is 6.04. The van der Waals surface area contributed by atoms with E-state index in [0.29, 0.717) is 35.5 Å². The van der Waals surface area contributed by atoms with Crippen LogP contribution in [0.15, 0.2) is 110 Å². The molecule has 0 aliphatic rings. The Balaban J connectivity index is 1.25. The van der Waals surface area contributed by atoms with E-state index in [0.717, 1.165) is 11.3 Å². The Kier molecular flexibility index (Phi) is 8.37. The molecule has 1 amide bonds. The van der Waals surface area contributed by atoms with Crippen molar-refractivity contribution in [3.63, 3.8) is 0 Å². The van der Waals surface area contributed by atoms with Crippen molar-refractivity contribution in [1.29, 1.82) is 0 Å². The predicted molar refractivity (Wildman–Crippen MR) is 151 cm³/mol. The molecule has 0 fully saturated rings. The Hall–Kier alpha value is -4.61. The molecule has 0 saturated heterocycles. The molecule has 0 aliphatic carbocycles. The first-order valence-corrected chi connectivity index (χ1v) is 14.4. The van der Waals surface area contributed by atoms with Crippen LogP contribution in [0, 0.1) is 5.92 Å². The first-order chi connectivity index (χ1) is 19.8. The predicted octanol–water partition coefficient (Wildman–Crippen LogP) is 6.21. The van der Waals surface area contributed by atoms with Gasteiger partial charge in [-0.1, -0.05) is 19.0 Å². The molecule has 3 aromatic heterocycles. The molecule has 0 spiro atoms. The number of carbonyl (C=O) groups is 1. The summed E-state index contributed by atoms with van der Waals surface area (Å²) in [7, 11) is -3.92. The van der Waals surface area contributed by atoms with Crippen molar-refractivity contribution in [2.45, 2.75) is 31.8 Å². The Morgan fingerprint density at radius 1 is 0.927 bits per heavy atom. The van der Waals surface area contributed by atoms with Crippen LogP contribution in [-0.2, 0) is 23.1 Å². The fourth-order valence-electron chi connectivity index (χ4n) is 3.93. The van der Waals surface area contributed by atoms with E-state index in [-0.39, 0.29) is 23.7 Å². The molecule has 0 atom stereocenters. The van der Waals surface area contributed by atoms with Crippen LogP contribution in [0.2, 0.25) is 0 Å². The Morgan fingerprint density at radius 2 is 1.56 bits per heavy atom. The number of hydrogen-bond donors (Lipinski definition) is 1. The van der Waals surface area contributed by atoms with Gasteiger partial charge in [-0.25, -0.2) is 8.42 Å². The summed E-state index contributed by atoms with van der Waals surface area (Å²) in [6.45, 7) is 4.82. The molecule has 2 aromatic carbocycles. The van der Waals surface area contributed by atoms with E-state index in [2.05, 4.69) is 24.3 Å². The van der Waals surface area contributed by atoms with E-state index in [9.17, 15) is 13.2 Å². The summed E-state index contributed by atoms with van der Waals surface area (Å²) < 4.78 is 50.0. The van der Waals surface area contributed by atoms with Crippen molar-refractivity contribution in [2.75, 3.05) is 11.9 Å². The molecule has 0 aliphatic heterocycles. The third-order valence-corrected chi connectivity index (χ3v) is 7.85. The largest absolute Gasteiger partial charge is 0.493 e. The molecule has 3 heterocycles. The quantitative estimate of drug-likeness (QED) is 0.186. The van der Waals surface area contributed by atoms with Gasteiger partial charge < -0.3 is 23.4 Å². The van der Waals surface area contributed by atoms with Crippen LogP contribution in [0.25, 0.3) is 11.3 Å². The van der Waals surface area contributed by atoms with E-state index in [1.807, 2.05) is 24.3 Å². The molecule has 0 saturated carbocycles. The molecule has 41 heavy (non-hydrogen) atoms. The van der Waals surface area contributed by atoms with Crippen molar-refractivity contribution in [1.82, 2.24) is 9.46 Å². The lowest BCUT2D eigenvalue weighted by atomic mass is 10.1. The maximum absolute atomic E-state index is 13.5. The average molecular weight is 576 g/mol. The van der Waals surface area contributed by atoms with Gasteiger partial charge in [0.05, 0.1) is 37.1 Å². The highest BCUT2D eigenvalue weighted by Gasteiger charge is 2.27. The van der Waals surface area contributed by atoms with Crippen molar-refractivity contribution < 1.29 is 31.3 Å². The summed E-state index contributed by atoms with van der Waals surface area (Å²) in [5.74, 6) is 2.08. The molecule has 1 N–H and O–H groups in total. The van der Waals surface area contributed by atoms with Crippen LogP contribution >= 0.6 is 0 Å². The number of sulfonamides is 1. The topological polar surface area (TPSA) is 128 Å². The lowest BCUT2D eigenvalue weighted by Gasteiger charge is -2.20. The second-order valence-corrected chi connectivity index (χ2v) is 11.7. The highest BCUT2D eigenvalue weighted by Crippen LogP contribution is 2.25. The van der Waals surface area contributed by atoms with Crippen LogP contribution in [0.3, 0.4) is 0 Å². The fraction of sp³-hybridized carbons (Fsp3) is 0.200. The number of aromatic nitrogens is 1. The summed E-state index contributed by atoms with van der Waals surface area (Å²) in [5, 5.41) is 6.60. The number of anilines is 1.